The number of H-pyrrole nitrogens is 1. The van der Waals surface area contributed by atoms with Gasteiger partial charge < -0.3 is 14.8 Å². The first-order valence-corrected chi connectivity index (χ1v) is 9.57. The lowest BCUT2D eigenvalue weighted by molar-refractivity contribution is 0.0695. The summed E-state index contributed by atoms with van der Waals surface area (Å²) in [6, 6.07) is 16.5. The van der Waals surface area contributed by atoms with Crippen molar-refractivity contribution in [1.29, 1.82) is 0 Å². The fourth-order valence-electron chi connectivity index (χ4n) is 3.01. The van der Waals surface area contributed by atoms with E-state index in [0.717, 1.165) is 11.1 Å². The molecule has 4 rings (SSSR count). The van der Waals surface area contributed by atoms with E-state index < -0.39 is 5.97 Å². The first-order chi connectivity index (χ1) is 14.4. The molecule has 0 atom stereocenters. The highest BCUT2D eigenvalue weighted by molar-refractivity contribution is 6.32. The largest absolute Gasteiger partial charge is 0.478 e. The van der Waals surface area contributed by atoms with Crippen LogP contribution in [0.25, 0.3) is 11.0 Å². The average Bonchev–Trinajstić information content (AvgIpc) is 3.09. The van der Waals surface area contributed by atoms with Crippen molar-refractivity contribution in [3.05, 3.63) is 87.4 Å². The maximum absolute atomic E-state index is 11.3. The summed E-state index contributed by atoms with van der Waals surface area (Å²) in [5, 5.41) is 9.77. The summed E-state index contributed by atoms with van der Waals surface area (Å²) in [5.74, 6) is 5.63. The van der Waals surface area contributed by atoms with Gasteiger partial charge in [-0.15, -0.1) is 0 Å². The van der Waals surface area contributed by atoms with Crippen LogP contribution in [0.1, 0.15) is 32.6 Å². The third-order valence-corrected chi connectivity index (χ3v) is 4.99. The number of fused-ring (bicyclic) bond motifs is 1. The van der Waals surface area contributed by atoms with Crippen LogP contribution in [0.2, 0.25) is 5.02 Å². The van der Waals surface area contributed by atoms with Gasteiger partial charge in [-0.05, 0) is 55.3 Å². The first-order valence-electron chi connectivity index (χ1n) is 9.19. The predicted molar refractivity (Wildman–Crippen MR) is 116 cm³/mol. The molecule has 0 fully saturated rings. The van der Waals surface area contributed by atoms with Crippen molar-refractivity contribution in [3.63, 3.8) is 0 Å². The molecular weight excluding hydrogens is 400 g/mol. The minimum absolute atomic E-state index is 0.181. The normalized spacial score (nSPS) is 10.5. The van der Waals surface area contributed by atoms with E-state index in [2.05, 4.69) is 21.8 Å². The molecule has 6 heteroatoms. The Kier molecular flexibility index (Phi) is 5.18. The summed E-state index contributed by atoms with van der Waals surface area (Å²) in [5.41, 5.74) is 4.89. The Morgan fingerprint density at radius 2 is 1.80 bits per heavy atom. The number of nitrogens with zero attached hydrogens (tertiary/aromatic N) is 1. The Bertz CT molecular complexity index is 1350. The van der Waals surface area contributed by atoms with E-state index in [-0.39, 0.29) is 11.6 Å². The maximum Gasteiger partial charge on any atom is 0.336 e. The molecule has 1 heterocycles. The van der Waals surface area contributed by atoms with Crippen LogP contribution >= 0.6 is 11.6 Å². The number of aromatic carboxylic acids is 1. The molecule has 2 N–H and O–H groups in total. The summed E-state index contributed by atoms with van der Waals surface area (Å²) < 4.78 is 5.72. The molecule has 0 saturated carbocycles. The third-order valence-electron chi connectivity index (χ3n) is 4.68. The molecule has 0 aliphatic heterocycles. The van der Waals surface area contributed by atoms with Gasteiger partial charge in [0.25, 0.3) is 6.01 Å². The van der Waals surface area contributed by atoms with Crippen LogP contribution in [0.4, 0.5) is 0 Å². The number of aromatic nitrogens is 2. The number of carboxylic acid groups (broad SMARTS) is 1. The lowest BCUT2D eigenvalue weighted by Crippen LogP contribution is -2.00. The Morgan fingerprint density at radius 1 is 1.03 bits per heavy atom. The van der Waals surface area contributed by atoms with Crippen molar-refractivity contribution in [3.8, 4) is 23.6 Å². The van der Waals surface area contributed by atoms with Crippen LogP contribution in [0, 0.1) is 25.7 Å². The van der Waals surface area contributed by atoms with E-state index in [0.29, 0.717) is 32.9 Å². The second kappa shape index (κ2) is 7.94. The minimum Gasteiger partial charge on any atom is -0.478 e. The Labute approximate surface area is 178 Å². The number of rotatable bonds is 3. The van der Waals surface area contributed by atoms with Crippen molar-refractivity contribution >= 4 is 28.6 Å². The summed E-state index contributed by atoms with van der Waals surface area (Å²) in [7, 11) is 0. The molecule has 0 aliphatic carbocycles. The van der Waals surface area contributed by atoms with E-state index >= 15 is 0 Å². The molecular formula is C24H17ClN2O3. The zero-order valence-electron chi connectivity index (χ0n) is 16.3. The average molecular weight is 417 g/mol. The molecule has 4 aromatic rings. The number of nitrogens with one attached hydrogen (secondary N) is 1. The van der Waals surface area contributed by atoms with Gasteiger partial charge in [0, 0.05) is 11.1 Å². The minimum atomic E-state index is -1.01. The molecule has 0 saturated heterocycles. The molecule has 0 amide bonds. The highest BCUT2D eigenvalue weighted by Crippen LogP contribution is 2.27. The second-order valence-corrected chi connectivity index (χ2v) is 7.25. The van der Waals surface area contributed by atoms with E-state index in [4.69, 9.17) is 16.3 Å². The quantitative estimate of drug-likeness (QED) is 0.418. The zero-order chi connectivity index (χ0) is 21.3. The molecule has 0 radical (unpaired) electrons. The molecule has 3 aromatic carbocycles. The molecule has 5 nitrogen and oxygen atoms in total. The van der Waals surface area contributed by atoms with Gasteiger partial charge in [0.2, 0.25) is 0 Å². The highest BCUT2D eigenvalue weighted by atomic mass is 35.5. The van der Waals surface area contributed by atoms with E-state index in [9.17, 15) is 9.90 Å². The molecule has 30 heavy (non-hydrogen) atoms. The topological polar surface area (TPSA) is 75.2 Å². The van der Waals surface area contributed by atoms with E-state index in [1.807, 2.05) is 37.3 Å². The highest BCUT2D eigenvalue weighted by Gasteiger charge is 2.12. The third kappa shape index (κ3) is 4.00. The number of aromatic amines is 1. The molecule has 0 bridgehead atoms. The summed E-state index contributed by atoms with van der Waals surface area (Å²) >= 11 is 6.39. The summed E-state index contributed by atoms with van der Waals surface area (Å²) in [4.78, 5) is 18.8. The van der Waals surface area contributed by atoms with Gasteiger partial charge in [-0.2, -0.15) is 4.98 Å². The Morgan fingerprint density at radius 3 is 2.57 bits per heavy atom. The van der Waals surface area contributed by atoms with Crippen molar-refractivity contribution < 1.29 is 14.6 Å². The SMILES string of the molecule is Cc1ccccc1C#Cc1cc2[nH]c(Oc3ccc(C)c(C(=O)O)c3)nc2cc1Cl. The number of benzene rings is 3. The van der Waals surface area contributed by atoms with Crippen LogP contribution < -0.4 is 4.74 Å². The number of hydrogen-bond acceptors (Lipinski definition) is 3. The zero-order valence-corrected chi connectivity index (χ0v) is 17.0. The monoisotopic (exact) mass is 416 g/mol. The van der Waals surface area contributed by atoms with Crippen LogP contribution in [-0.2, 0) is 0 Å². The maximum atomic E-state index is 11.3. The first kappa shape index (κ1) is 19.6. The smallest absolute Gasteiger partial charge is 0.336 e. The standard InChI is InChI=1S/C24H17ClN2O3/c1-14-5-3-4-6-16(14)8-9-17-11-21-22(13-20(17)25)27-24(26-21)30-18-10-7-15(2)19(12-18)23(28)29/h3-7,10-13H,1-2H3,(H,26,27)(H,28,29). The van der Waals surface area contributed by atoms with Crippen molar-refractivity contribution in [2.45, 2.75) is 13.8 Å². The van der Waals surface area contributed by atoms with Crippen LogP contribution in [0.3, 0.4) is 0 Å². The van der Waals surface area contributed by atoms with Crippen molar-refractivity contribution in [1.82, 2.24) is 9.97 Å². The number of aryl methyl sites for hydroxylation is 2. The van der Waals surface area contributed by atoms with Gasteiger partial charge in [-0.1, -0.05) is 47.7 Å². The van der Waals surface area contributed by atoms with Crippen molar-refractivity contribution in [2.24, 2.45) is 0 Å². The number of halogens is 1. The molecule has 0 spiro atoms. The van der Waals surface area contributed by atoms with Crippen molar-refractivity contribution in [2.75, 3.05) is 0 Å². The van der Waals surface area contributed by atoms with Crippen LogP contribution in [-0.4, -0.2) is 21.0 Å². The number of imidazole rings is 1. The lowest BCUT2D eigenvalue weighted by Gasteiger charge is -2.05. The fourth-order valence-corrected chi connectivity index (χ4v) is 3.21. The Balaban J connectivity index is 1.65. The second-order valence-electron chi connectivity index (χ2n) is 6.84. The summed E-state index contributed by atoms with van der Waals surface area (Å²) in [6.07, 6.45) is 0. The van der Waals surface area contributed by atoms with Gasteiger partial charge in [-0.25, -0.2) is 4.79 Å². The number of carboxylic acids is 1. The van der Waals surface area contributed by atoms with Gasteiger partial charge in [0.05, 0.1) is 21.6 Å². The van der Waals surface area contributed by atoms with Crippen LogP contribution in [0.5, 0.6) is 11.8 Å². The van der Waals surface area contributed by atoms with Gasteiger partial charge in [-0.3, -0.25) is 0 Å². The van der Waals surface area contributed by atoms with Gasteiger partial charge in [0.1, 0.15) is 5.75 Å². The molecule has 148 valence electrons. The van der Waals surface area contributed by atoms with Gasteiger partial charge in [0.15, 0.2) is 0 Å². The summed E-state index contributed by atoms with van der Waals surface area (Å²) in [6.45, 7) is 3.74. The lowest BCUT2D eigenvalue weighted by atomic mass is 10.1. The molecule has 0 unspecified atom stereocenters. The van der Waals surface area contributed by atoms with E-state index in [1.165, 1.54) is 6.07 Å². The predicted octanol–water partition coefficient (Wildman–Crippen LogP) is 5.72. The molecule has 0 aliphatic rings. The van der Waals surface area contributed by atoms with E-state index in [1.54, 1.807) is 25.1 Å². The Hall–Kier alpha value is -3.75. The molecule has 1 aromatic heterocycles. The number of carbonyl (C=O) groups is 1. The van der Waals surface area contributed by atoms with Gasteiger partial charge >= 0.3 is 5.97 Å². The number of hydrogen-bond donors (Lipinski definition) is 2. The van der Waals surface area contributed by atoms with Crippen LogP contribution in [0.15, 0.2) is 54.6 Å². The fraction of sp³-hybridized carbons (Fsp3) is 0.0833. The number of ether oxygens (including phenoxy) is 1.